The molecule has 0 aromatic carbocycles. The predicted molar refractivity (Wildman–Crippen MR) is 70.8 cm³/mol. The van der Waals surface area contributed by atoms with Crippen LogP contribution in [0.15, 0.2) is 0 Å². The van der Waals surface area contributed by atoms with E-state index in [1.54, 1.807) is 0 Å². The van der Waals surface area contributed by atoms with Crippen LogP contribution in [0, 0.1) is 11.8 Å². The van der Waals surface area contributed by atoms with Crippen molar-refractivity contribution in [3.05, 3.63) is 0 Å². The lowest BCUT2D eigenvalue weighted by molar-refractivity contribution is -0.127. The van der Waals surface area contributed by atoms with Gasteiger partial charge in [0.15, 0.2) is 0 Å². The van der Waals surface area contributed by atoms with Crippen LogP contribution in [-0.4, -0.2) is 51.0 Å². The molecular weight excluding hydrogens is 244 g/mol. The molecule has 0 aromatic heterocycles. The Balaban J connectivity index is 1.42. The van der Waals surface area contributed by atoms with E-state index in [-0.39, 0.29) is 17.9 Å². The second-order valence-corrected chi connectivity index (χ2v) is 5.95. The molecule has 0 aromatic rings. The molecule has 3 fully saturated rings. The van der Waals surface area contributed by atoms with Crippen molar-refractivity contribution in [2.24, 2.45) is 11.8 Å². The van der Waals surface area contributed by atoms with Gasteiger partial charge in [-0.1, -0.05) is 0 Å². The van der Waals surface area contributed by atoms with Gasteiger partial charge < -0.3 is 20.1 Å². The molecule has 3 heterocycles. The van der Waals surface area contributed by atoms with Gasteiger partial charge in [0.25, 0.3) is 0 Å². The van der Waals surface area contributed by atoms with Gasteiger partial charge in [-0.05, 0) is 31.6 Å². The van der Waals surface area contributed by atoms with Gasteiger partial charge in [0.05, 0.1) is 12.0 Å². The molecule has 19 heavy (non-hydrogen) atoms. The molecule has 108 valence electrons. The van der Waals surface area contributed by atoms with E-state index in [0.29, 0.717) is 12.0 Å². The molecule has 5 heteroatoms. The molecule has 0 saturated carbocycles. The summed E-state index contributed by atoms with van der Waals surface area (Å²) < 4.78 is 11.0. The van der Waals surface area contributed by atoms with Crippen LogP contribution < -0.4 is 10.6 Å². The van der Waals surface area contributed by atoms with E-state index < -0.39 is 0 Å². The van der Waals surface area contributed by atoms with Gasteiger partial charge in [0.1, 0.15) is 0 Å². The minimum absolute atomic E-state index is 0.0687. The maximum atomic E-state index is 12.2. The summed E-state index contributed by atoms with van der Waals surface area (Å²) in [4.78, 5) is 12.2. The van der Waals surface area contributed by atoms with Crippen molar-refractivity contribution in [2.75, 3.05) is 32.9 Å². The van der Waals surface area contributed by atoms with Crippen molar-refractivity contribution in [3.63, 3.8) is 0 Å². The van der Waals surface area contributed by atoms with E-state index in [1.807, 2.05) is 0 Å². The Morgan fingerprint density at radius 2 is 2.05 bits per heavy atom. The summed E-state index contributed by atoms with van der Waals surface area (Å²) in [5.41, 5.74) is 0. The summed E-state index contributed by atoms with van der Waals surface area (Å²) in [5, 5.41) is 6.56. The molecule has 3 atom stereocenters. The lowest BCUT2D eigenvalue weighted by Gasteiger charge is -2.31. The first-order valence-electron chi connectivity index (χ1n) is 7.53. The average Bonchev–Trinajstić information content (AvgIpc) is 2.93. The summed E-state index contributed by atoms with van der Waals surface area (Å²) in [6.07, 6.45) is 4.33. The highest BCUT2D eigenvalue weighted by Gasteiger charge is 2.37. The van der Waals surface area contributed by atoms with Gasteiger partial charge >= 0.3 is 0 Å². The number of amides is 1. The van der Waals surface area contributed by atoms with Gasteiger partial charge in [-0.25, -0.2) is 0 Å². The van der Waals surface area contributed by atoms with Gasteiger partial charge in [-0.15, -0.1) is 0 Å². The van der Waals surface area contributed by atoms with Crippen molar-refractivity contribution in [2.45, 2.75) is 37.8 Å². The number of hydrogen-bond acceptors (Lipinski definition) is 4. The molecule has 3 aliphatic heterocycles. The summed E-state index contributed by atoms with van der Waals surface area (Å²) in [5.74, 6) is 0.844. The Bertz CT molecular complexity index is 318. The highest BCUT2D eigenvalue weighted by molar-refractivity contribution is 5.79. The molecule has 0 radical (unpaired) electrons. The minimum atomic E-state index is 0.0687. The zero-order valence-electron chi connectivity index (χ0n) is 11.4. The van der Waals surface area contributed by atoms with E-state index in [2.05, 4.69) is 10.6 Å². The number of carbonyl (C=O) groups excluding carboxylic acids is 1. The molecular formula is C14H24N2O3. The first-order chi connectivity index (χ1) is 9.33. The van der Waals surface area contributed by atoms with Crippen LogP contribution >= 0.6 is 0 Å². The van der Waals surface area contributed by atoms with Crippen molar-refractivity contribution in [3.8, 4) is 0 Å². The lowest BCUT2D eigenvalue weighted by atomic mass is 9.91. The number of rotatable bonds is 3. The van der Waals surface area contributed by atoms with Crippen molar-refractivity contribution in [1.29, 1.82) is 0 Å². The highest BCUT2D eigenvalue weighted by Crippen LogP contribution is 2.25. The molecule has 2 N–H and O–H groups in total. The van der Waals surface area contributed by atoms with Crippen molar-refractivity contribution in [1.82, 2.24) is 10.6 Å². The monoisotopic (exact) mass is 268 g/mol. The molecule has 5 nitrogen and oxygen atoms in total. The molecule has 3 aliphatic rings. The molecule has 0 spiro atoms. The van der Waals surface area contributed by atoms with Crippen LogP contribution in [0.1, 0.15) is 25.7 Å². The standard InChI is InChI=1S/C14H24N2O3/c17-14(16-8-10-1-4-18-5-2-10)11-7-13-12(15-9-11)3-6-19-13/h10-13,15H,1-9H2,(H,16,17)/t11-,12+,13+/m0/s1. The Labute approximate surface area is 114 Å². The third-order valence-electron chi connectivity index (χ3n) is 4.63. The SMILES string of the molecule is O=C(NCC1CCOCC1)[C@@H]1CN[C@@H]2CCO[C@@H]2C1. The smallest absolute Gasteiger partial charge is 0.224 e. The van der Waals surface area contributed by atoms with E-state index in [9.17, 15) is 4.79 Å². The fourth-order valence-corrected chi connectivity index (χ4v) is 3.31. The van der Waals surface area contributed by atoms with Crippen LogP contribution in [-0.2, 0) is 14.3 Å². The third-order valence-corrected chi connectivity index (χ3v) is 4.63. The van der Waals surface area contributed by atoms with Crippen molar-refractivity contribution < 1.29 is 14.3 Å². The summed E-state index contributed by atoms with van der Waals surface area (Å²) in [7, 11) is 0. The summed E-state index contributed by atoms with van der Waals surface area (Å²) >= 11 is 0. The zero-order valence-corrected chi connectivity index (χ0v) is 11.4. The average molecular weight is 268 g/mol. The number of ether oxygens (including phenoxy) is 2. The Morgan fingerprint density at radius 1 is 1.21 bits per heavy atom. The normalized spacial score (nSPS) is 35.9. The van der Waals surface area contributed by atoms with E-state index in [1.165, 1.54) is 0 Å². The van der Waals surface area contributed by atoms with Gasteiger partial charge in [-0.2, -0.15) is 0 Å². The van der Waals surface area contributed by atoms with Crippen molar-refractivity contribution >= 4 is 5.91 Å². The fourth-order valence-electron chi connectivity index (χ4n) is 3.31. The van der Waals surface area contributed by atoms with Crippen LogP contribution in [0.3, 0.4) is 0 Å². The first kappa shape index (κ1) is 13.3. The quantitative estimate of drug-likeness (QED) is 0.773. The molecule has 0 bridgehead atoms. The predicted octanol–water partition coefficient (Wildman–Crippen LogP) is 0.296. The van der Waals surface area contributed by atoms with Crippen LogP contribution in [0.4, 0.5) is 0 Å². The van der Waals surface area contributed by atoms with Gasteiger partial charge in [-0.3, -0.25) is 4.79 Å². The van der Waals surface area contributed by atoms with E-state index in [4.69, 9.17) is 9.47 Å². The van der Waals surface area contributed by atoms with Crippen LogP contribution in [0.5, 0.6) is 0 Å². The molecule has 3 saturated heterocycles. The summed E-state index contributed by atoms with van der Waals surface area (Å²) in [6, 6.07) is 0.472. The lowest BCUT2D eigenvalue weighted by Crippen LogP contribution is -2.51. The minimum Gasteiger partial charge on any atom is -0.381 e. The number of fused-ring (bicyclic) bond motifs is 1. The van der Waals surface area contributed by atoms with Crippen LogP contribution in [0.25, 0.3) is 0 Å². The largest absolute Gasteiger partial charge is 0.381 e. The maximum Gasteiger partial charge on any atom is 0.224 e. The topological polar surface area (TPSA) is 59.6 Å². The van der Waals surface area contributed by atoms with Gasteiger partial charge in [0.2, 0.25) is 5.91 Å². The number of hydrogen-bond donors (Lipinski definition) is 2. The summed E-state index contributed by atoms with van der Waals surface area (Å²) in [6.45, 7) is 4.10. The molecule has 0 unspecified atom stereocenters. The molecule has 1 amide bonds. The second kappa shape index (κ2) is 6.20. The number of piperidine rings is 1. The van der Waals surface area contributed by atoms with Gasteiger partial charge in [0, 0.05) is 39.0 Å². The Morgan fingerprint density at radius 3 is 2.89 bits per heavy atom. The fraction of sp³-hybridized carbons (Fsp3) is 0.929. The first-order valence-corrected chi connectivity index (χ1v) is 7.53. The number of nitrogens with one attached hydrogen (secondary N) is 2. The van der Waals surface area contributed by atoms with E-state index >= 15 is 0 Å². The third kappa shape index (κ3) is 3.27. The maximum absolute atomic E-state index is 12.2. The highest BCUT2D eigenvalue weighted by atomic mass is 16.5. The molecule has 0 aliphatic carbocycles. The van der Waals surface area contributed by atoms with E-state index in [0.717, 1.165) is 58.6 Å². The second-order valence-electron chi connectivity index (χ2n) is 5.95. The van der Waals surface area contributed by atoms with Crippen LogP contribution in [0.2, 0.25) is 0 Å². The zero-order chi connectivity index (χ0) is 13.1. The Kier molecular flexibility index (Phi) is 4.35. The Hall–Kier alpha value is -0.650. The molecule has 3 rings (SSSR count). The number of carbonyl (C=O) groups is 1.